The fraction of sp³-hybridized carbons (Fsp3) is 0.524. The van der Waals surface area contributed by atoms with Gasteiger partial charge in [0.05, 0.1) is 0 Å². The number of hydrogen-bond donors (Lipinski definition) is 1. The van der Waals surface area contributed by atoms with Gasteiger partial charge >= 0.3 is 0 Å². The van der Waals surface area contributed by atoms with E-state index in [4.69, 9.17) is 0 Å². The van der Waals surface area contributed by atoms with Crippen molar-refractivity contribution >= 4 is 5.57 Å². The lowest BCUT2D eigenvalue weighted by atomic mass is 9.84. The maximum absolute atomic E-state index is 3.78. The standard InChI is InChI=1S/C21H31N/c1-14-13-18(16(3)15(14)2)17-11-9-10-12-19(17)21(7,8)22-20(4,5)6/h9-12,22H,13H2,1-8H3. The van der Waals surface area contributed by atoms with Crippen molar-refractivity contribution in [3.63, 3.8) is 0 Å². The van der Waals surface area contributed by atoms with Crippen molar-refractivity contribution in [3.8, 4) is 0 Å². The lowest BCUT2D eigenvalue weighted by Crippen LogP contribution is -2.48. The first-order valence-corrected chi connectivity index (χ1v) is 8.28. The molecule has 0 fully saturated rings. The molecule has 1 aliphatic carbocycles. The van der Waals surface area contributed by atoms with Crippen LogP contribution in [0.3, 0.4) is 0 Å². The quantitative estimate of drug-likeness (QED) is 0.741. The van der Waals surface area contributed by atoms with Gasteiger partial charge in [0.2, 0.25) is 0 Å². The van der Waals surface area contributed by atoms with Crippen molar-refractivity contribution < 1.29 is 0 Å². The Morgan fingerprint density at radius 3 is 1.95 bits per heavy atom. The summed E-state index contributed by atoms with van der Waals surface area (Å²) in [6.45, 7) is 18.0. The molecule has 0 saturated heterocycles. The molecule has 0 saturated carbocycles. The summed E-state index contributed by atoms with van der Waals surface area (Å²) in [5.41, 5.74) is 8.73. The third kappa shape index (κ3) is 3.35. The molecule has 1 nitrogen and oxygen atoms in total. The molecule has 1 aliphatic rings. The molecule has 0 unspecified atom stereocenters. The molecule has 0 radical (unpaired) electrons. The van der Waals surface area contributed by atoms with Gasteiger partial charge in [-0.25, -0.2) is 0 Å². The smallest absolute Gasteiger partial charge is 0.0387 e. The highest BCUT2D eigenvalue weighted by Gasteiger charge is 2.30. The molecule has 1 aromatic rings. The van der Waals surface area contributed by atoms with E-state index in [1.165, 1.54) is 33.4 Å². The minimum absolute atomic E-state index is 0.0630. The molecule has 0 aliphatic heterocycles. The third-order valence-electron chi connectivity index (χ3n) is 4.71. The van der Waals surface area contributed by atoms with Gasteiger partial charge in [0.25, 0.3) is 0 Å². The summed E-state index contributed by atoms with van der Waals surface area (Å²) >= 11 is 0. The lowest BCUT2D eigenvalue weighted by Gasteiger charge is -2.37. The Balaban J connectivity index is 2.50. The van der Waals surface area contributed by atoms with Gasteiger partial charge in [-0.2, -0.15) is 0 Å². The van der Waals surface area contributed by atoms with Gasteiger partial charge in [-0.05, 0) is 89.7 Å². The fourth-order valence-electron chi connectivity index (χ4n) is 3.67. The lowest BCUT2D eigenvalue weighted by molar-refractivity contribution is 0.286. The van der Waals surface area contributed by atoms with Crippen molar-refractivity contribution in [3.05, 3.63) is 52.1 Å². The molecule has 1 N–H and O–H groups in total. The van der Waals surface area contributed by atoms with E-state index in [-0.39, 0.29) is 11.1 Å². The normalized spacial score (nSPS) is 16.7. The van der Waals surface area contributed by atoms with Crippen LogP contribution in [-0.2, 0) is 5.54 Å². The van der Waals surface area contributed by atoms with Gasteiger partial charge in [0.1, 0.15) is 0 Å². The van der Waals surface area contributed by atoms with Crippen LogP contribution in [0, 0.1) is 0 Å². The Morgan fingerprint density at radius 2 is 1.45 bits per heavy atom. The highest BCUT2D eigenvalue weighted by molar-refractivity contribution is 5.79. The molecule has 0 spiro atoms. The van der Waals surface area contributed by atoms with Crippen LogP contribution in [0.4, 0.5) is 0 Å². The highest BCUT2D eigenvalue weighted by Crippen LogP contribution is 2.41. The Bertz CT molecular complexity index is 636. The van der Waals surface area contributed by atoms with Crippen molar-refractivity contribution in [2.45, 2.75) is 72.9 Å². The van der Waals surface area contributed by atoms with E-state index >= 15 is 0 Å². The topological polar surface area (TPSA) is 12.0 Å². The average Bonchev–Trinajstić information content (AvgIpc) is 2.64. The van der Waals surface area contributed by atoms with Gasteiger partial charge in [-0.3, -0.25) is 0 Å². The Morgan fingerprint density at radius 1 is 0.864 bits per heavy atom. The predicted octanol–water partition coefficient (Wildman–Crippen LogP) is 5.82. The summed E-state index contributed by atoms with van der Waals surface area (Å²) in [6.07, 6.45) is 1.08. The van der Waals surface area contributed by atoms with E-state index in [0.29, 0.717) is 0 Å². The Kier molecular flexibility index (Phi) is 4.41. The zero-order valence-electron chi connectivity index (χ0n) is 15.5. The van der Waals surface area contributed by atoms with Crippen LogP contribution >= 0.6 is 0 Å². The van der Waals surface area contributed by atoms with Crippen molar-refractivity contribution in [1.82, 2.24) is 5.32 Å². The minimum atomic E-state index is -0.0630. The molecule has 0 bridgehead atoms. The zero-order chi connectivity index (χ0) is 16.7. The van der Waals surface area contributed by atoms with Crippen LogP contribution in [0.25, 0.3) is 5.57 Å². The van der Waals surface area contributed by atoms with Crippen LogP contribution in [0.2, 0.25) is 0 Å². The maximum atomic E-state index is 3.78. The molecule has 2 rings (SSSR count). The van der Waals surface area contributed by atoms with E-state index in [0.717, 1.165) is 6.42 Å². The summed E-state index contributed by atoms with van der Waals surface area (Å²) in [6, 6.07) is 8.88. The number of nitrogens with one attached hydrogen (secondary N) is 1. The average molecular weight is 297 g/mol. The van der Waals surface area contributed by atoms with E-state index in [1.807, 2.05) is 0 Å². The molecule has 1 heteroatoms. The fourth-order valence-corrected chi connectivity index (χ4v) is 3.67. The molecule has 120 valence electrons. The first-order valence-electron chi connectivity index (χ1n) is 8.28. The van der Waals surface area contributed by atoms with Crippen LogP contribution < -0.4 is 5.32 Å². The van der Waals surface area contributed by atoms with Crippen molar-refractivity contribution in [1.29, 1.82) is 0 Å². The second-order valence-corrected chi connectivity index (χ2v) is 8.23. The third-order valence-corrected chi connectivity index (χ3v) is 4.71. The molecule has 0 heterocycles. The van der Waals surface area contributed by atoms with Gasteiger partial charge < -0.3 is 5.32 Å². The van der Waals surface area contributed by atoms with Gasteiger partial charge in [-0.1, -0.05) is 29.8 Å². The number of rotatable bonds is 3. The van der Waals surface area contributed by atoms with Crippen LogP contribution in [-0.4, -0.2) is 5.54 Å². The van der Waals surface area contributed by atoms with Gasteiger partial charge in [-0.15, -0.1) is 0 Å². The molecule has 0 atom stereocenters. The Labute approximate surface area is 136 Å². The second kappa shape index (κ2) is 5.70. The Hall–Kier alpha value is -1.34. The molecule has 0 amide bonds. The molecular formula is C21H31N. The van der Waals surface area contributed by atoms with E-state index < -0.39 is 0 Å². The van der Waals surface area contributed by atoms with E-state index in [2.05, 4.69) is 85.0 Å². The van der Waals surface area contributed by atoms with E-state index in [9.17, 15) is 0 Å². The van der Waals surface area contributed by atoms with Gasteiger partial charge in [0, 0.05) is 11.1 Å². The summed E-state index contributed by atoms with van der Waals surface area (Å²) < 4.78 is 0. The first-order chi connectivity index (χ1) is 10.0. The van der Waals surface area contributed by atoms with E-state index in [1.54, 1.807) is 0 Å². The summed E-state index contributed by atoms with van der Waals surface area (Å²) in [7, 11) is 0. The number of allylic oxidation sites excluding steroid dienone is 4. The minimum Gasteiger partial charge on any atom is -0.303 e. The second-order valence-electron chi connectivity index (χ2n) is 8.23. The number of benzene rings is 1. The first kappa shape index (κ1) is 17.0. The monoisotopic (exact) mass is 297 g/mol. The van der Waals surface area contributed by atoms with Gasteiger partial charge in [0.15, 0.2) is 0 Å². The van der Waals surface area contributed by atoms with Crippen LogP contribution in [0.1, 0.15) is 72.9 Å². The molecule has 1 aromatic carbocycles. The summed E-state index contributed by atoms with van der Waals surface area (Å²) in [5, 5.41) is 3.78. The largest absolute Gasteiger partial charge is 0.303 e. The van der Waals surface area contributed by atoms with Crippen molar-refractivity contribution in [2.24, 2.45) is 0 Å². The summed E-state index contributed by atoms with van der Waals surface area (Å²) in [4.78, 5) is 0. The van der Waals surface area contributed by atoms with Crippen LogP contribution in [0.15, 0.2) is 41.0 Å². The highest BCUT2D eigenvalue weighted by atomic mass is 15.0. The molecule has 22 heavy (non-hydrogen) atoms. The summed E-state index contributed by atoms with van der Waals surface area (Å²) in [5.74, 6) is 0. The zero-order valence-corrected chi connectivity index (χ0v) is 15.5. The molecular weight excluding hydrogens is 266 g/mol. The van der Waals surface area contributed by atoms with Crippen LogP contribution in [0.5, 0.6) is 0 Å². The SMILES string of the molecule is CC1=C(C)C(C)=C(c2ccccc2C(C)(C)NC(C)(C)C)C1. The predicted molar refractivity (Wildman–Crippen MR) is 97.9 cm³/mol. The number of hydrogen-bond acceptors (Lipinski definition) is 1. The molecule has 0 aromatic heterocycles. The van der Waals surface area contributed by atoms with Crippen molar-refractivity contribution in [2.75, 3.05) is 0 Å². The maximum Gasteiger partial charge on any atom is 0.0387 e.